The van der Waals surface area contributed by atoms with E-state index in [9.17, 15) is 23.3 Å². The molecule has 8 nitrogen and oxygen atoms in total. The van der Waals surface area contributed by atoms with E-state index in [-0.39, 0.29) is 11.4 Å². The third-order valence-electron chi connectivity index (χ3n) is 4.22. The van der Waals surface area contributed by atoms with Crippen LogP contribution in [0.25, 0.3) is 0 Å². The van der Waals surface area contributed by atoms with Gasteiger partial charge in [-0.3, -0.25) is 19.2 Å². The number of nitro benzene ring substituents is 1. The number of carbonyl (C=O) groups is 1. The average molecular weight is 405 g/mol. The number of nitrogens with zero attached hydrogens (tertiary/aromatic N) is 2. The molecule has 2 rings (SSSR count). The van der Waals surface area contributed by atoms with E-state index in [1.807, 2.05) is 12.1 Å². The van der Waals surface area contributed by atoms with Crippen molar-refractivity contribution < 1.29 is 18.1 Å². The van der Waals surface area contributed by atoms with Gasteiger partial charge in [-0.1, -0.05) is 32.0 Å². The van der Waals surface area contributed by atoms with Crippen LogP contribution in [0.2, 0.25) is 0 Å². The highest BCUT2D eigenvalue weighted by molar-refractivity contribution is 7.92. The van der Waals surface area contributed by atoms with Gasteiger partial charge in [-0.15, -0.1) is 0 Å². The first-order valence-electron chi connectivity index (χ1n) is 8.61. The van der Waals surface area contributed by atoms with Crippen molar-refractivity contribution in [2.24, 2.45) is 0 Å². The van der Waals surface area contributed by atoms with Crippen LogP contribution in [0.15, 0.2) is 42.5 Å². The molecule has 2 aromatic carbocycles. The number of amides is 1. The third-order valence-corrected chi connectivity index (χ3v) is 5.35. The summed E-state index contributed by atoms with van der Waals surface area (Å²) < 4.78 is 25.4. The quantitative estimate of drug-likeness (QED) is 0.560. The molecule has 0 aromatic heterocycles. The van der Waals surface area contributed by atoms with Crippen LogP contribution in [0, 0.1) is 17.0 Å². The van der Waals surface area contributed by atoms with Gasteiger partial charge in [0, 0.05) is 17.8 Å². The molecule has 2 aromatic rings. The molecule has 9 heteroatoms. The first-order valence-corrected chi connectivity index (χ1v) is 10.5. The van der Waals surface area contributed by atoms with Crippen LogP contribution in [0.3, 0.4) is 0 Å². The summed E-state index contributed by atoms with van der Waals surface area (Å²) in [6, 6.07) is 11.2. The summed E-state index contributed by atoms with van der Waals surface area (Å²) in [6.45, 7) is 5.24. The van der Waals surface area contributed by atoms with Gasteiger partial charge in [-0.05, 0) is 36.1 Å². The molecular weight excluding hydrogens is 382 g/mol. The standard InChI is InChI=1S/C19H23N3O5S/c1-13(2)15-6-8-16(9-7-15)20-19(23)12-21(28(4,26)27)18-11-17(22(24)25)10-5-14(18)3/h5-11,13H,12H2,1-4H3,(H,20,23). The number of hydrogen-bond acceptors (Lipinski definition) is 5. The monoisotopic (exact) mass is 405 g/mol. The maximum absolute atomic E-state index is 12.4. The van der Waals surface area contributed by atoms with E-state index >= 15 is 0 Å². The van der Waals surface area contributed by atoms with Crippen LogP contribution in [0.5, 0.6) is 0 Å². The minimum absolute atomic E-state index is 0.0991. The number of benzene rings is 2. The molecule has 28 heavy (non-hydrogen) atoms. The summed E-state index contributed by atoms with van der Waals surface area (Å²) >= 11 is 0. The minimum atomic E-state index is -3.84. The zero-order valence-electron chi connectivity index (χ0n) is 16.2. The molecule has 0 radical (unpaired) electrons. The number of nitrogens with one attached hydrogen (secondary N) is 1. The predicted molar refractivity (Wildman–Crippen MR) is 109 cm³/mol. The lowest BCUT2D eigenvalue weighted by Crippen LogP contribution is -2.37. The zero-order valence-corrected chi connectivity index (χ0v) is 17.0. The van der Waals surface area contributed by atoms with E-state index < -0.39 is 27.4 Å². The van der Waals surface area contributed by atoms with E-state index in [4.69, 9.17) is 0 Å². The highest BCUT2D eigenvalue weighted by Gasteiger charge is 2.24. The Morgan fingerprint density at radius 1 is 1.18 bits per heavy atom. The summed E-state index contributed by atoms with van der Waals surface area (Å²) in [5, 5.41) is 13.7. The minimum Gasteiger partial charge on any atom is -0.325 e. The summed E-state index contributed by atoms with van der Waals surface area (Å²) in [7, 11) is -3.84. The topological polar surface area (TPSA) is 110 Å². The largest absolute Gasteiger partial charge is 0.325 e. The van der Waals surface area contributed by atoms with Gasteiger partial charge in [0.05, 0.1) is 16.9 Å². The van der Waals surface area contributed by atoms with E-state index in [0.717, 1.165) is 22.2 Å². The van der Waals surface area contributed by atoms with Gasteiger partial charge >= 0.3 is 0 Å². The van der Waals surface area contributed by atoms with Crippen molar-refractivity contribution in [2.75, 3.05) is 22.4 Å². The van der Waals surface area contributed by atoms with Crippen molar-refractivity contribution in [2.45, 2.75) is 26.7 Å². The second kappa shape index (κ2) is 8.39. The van der Waals surface area contributed by atoms with Crippen LogP contribution in [-0.4, -0.2) is 32.0 Å². The van der Waals surface area contributed by atoms with E-state index in [1.54, 1.807) is 19.1 Å². The Kier molecular flexibility index (Phi) is 6.40. The van der Waals surface area contributed by atoms with Crippen molar-refractivity contribution >= 4 is 33.0 Å². The van der Waals surface area contributed by atoms with E-state index in [1.165, 1.54) is 12.1 Å². The lowest BCUT2D eigenvalue weighted by atomic mass is 10.0. The van der Waals surface area contributed by atoms with Crippen LogP contribution in [-0.2, 0) is 14.8 Å². The zero-order chi connectivity index (χ0) is 21.1. The fraction of sp³-hybridized carbons (Fsp3) is 0.316. The first-order chi connectivity index (χ1) is 13.0. The van der Waals surface area contributed by atoms with Gasteiger partial charge in [0.15, 0.2) is 0 Å². The molecule has 0 aliphatic heterocycles. The lowest BCUT2D eigenvalue weighted by molar-refractivity contribution is -0.384. The Hall–Kier alpha value is -2.94. The molecule has 0 unspecified atom stereocenters. The summed E-state index contributed by atoms with van der Waals surface area (Å²) in [5.41, 5.74) is 2.01. The molecule has 0 heterocycles. The van der Waals surface area contributed by atoms with Gasteiger partial charge < -0.3 is 5.32 Å². The second-order valence-electron chi connectivity index (χ2n) is 6.82. The molecule has 0 bridgehead atoms. The number of rotatable bonds is 7. The molecule has 0 saturated heterocycles. The Bertz CT molecular complexity index is 985. The van der Waals surface area contributed by atoms with Crippen molar-refractivity contribution in [1.82, 2.24) is 0 Å². The number of anilines is 2. The van der Waals surface area contributed by atoms with Crippen LogP contribution >= 0.6 is 0 Å². The molecule has 150 valence electrons. The number of carbonyl (C=O) groups excluding carboxylic acids is 1. The number of sulfonamides is 1. The van der Waals surface area contributed by atoms with E-state index in [0.29, 0.717) is 17.2 Å². The SMILES string of the molecule is Cc1ccc([N+](=O)[O-])cc1N(CC(=O)Nc1ccc(C(C)C)cc1)S(C)(=O)=O. The van der Waals surface area contributed by atoms with Crippen LogP contribution in [0.1, 0.15) is 30.9 Å². The number of nitro groups is 1. The Balaban J connectivity index is 2.27. The van der Waals surface area contributed by atoms with Crippen LogP contribution < -0.4 is 9.62 Å². The number of non-ortho nitro benzene ring substituents is 1. The first kappa shape index (κ1) is 21.4. The molecule has 1 N–H and O–H groups in total. The highest BCUT2D eigenvalue weighted by atomic mass is 32.2. The smallest absolute Gasteiger partial charge is 0.271 e. The molecule has 0 saturated carbocycles. The average Bonchev–Trinajstić information content (AvgIpc) is 2.59. The van der Waals surface area contributed by atoms with Crippen molar-refractivity contribution in [3.05, 3.63) is 63.7 Å². The summed E-state index contributed by atoms with van der Waals surface area (Å²) in [6.07, 6.45) is 0.954. The van der Waals surface area contributed by atoms with Gasteiger partial charge in [0.2, 0.25) is 15.9 Å². The second-order valence-corrected chi connectivity index (χ2v) is 8.73. The predicted octanol–water partition coefficient (Wildman–Crippen LogP) is 3.43. The van der Waals surface area contributed by atoms with Gasteiger partial charge in [0.1, 0.15) is 6.54 Å². The summed E-state index contributed by atoms with van der Waals surface area (Å²) in [4.78, 5) is 22.9. The van der Waals surface area contributed by atoms with Gasteiger partial charge in [-0.25, -0.2) is 8.42 Å². The molecule has 0 aliphatic rings. The molecule has 0 spiro atoms. The van der Waals surface area contributed by atoms with Gasteiger partial charge in [-0.2, -0.15) is 0 Å². The fourth-order valence-electron chi connectivity index (χ4n) is 2.64. The van der Waals surface area contributed by atoms with Gasteiger partial charge in [0.25, 0.3) is 5.69 Å². The van der Waals surface area contributed by atoms with Crippen molar-refractivity contribution in [3.8, 4) is 0 Å². The fourth-order valence-corrected chi connectivity index (χ4v) is 3.55. The maximum Gasteiger partial charge on any atom is 0.271 e. The van der Waals surface area contributed by atoms with Crippen LogP contribution in [0.4, 0.5) is 17.1 Å². The maximum atomic E-state index is 12.4. The molecule has 0 aliphatic carbocycles. The Labute approximate surface area is 164 Å². The third kappa shape index (κ3) is 5.29. The Morgan fingerprint density at radius 2 is 1.79 bits per heavy atom. The number of hydrogen-bond donors (Lipinski definition) is 1. The molecule has 0 fully saturated rings. The number of aryl methyl sites for hydroxylation is 1. The van der Waals surface area contributed by atoms with Crippen molar-refractivity contribution in [1.29, 1.82) is 0 Å². The van der Waals surface area contributed by atoms with E-state index in [2.05, 4.69) is 19.2 Å². The van der Waals surface area contributed by atoms with Crippen molar-refractivity contribution in [3.63, 3.8) is 0 Å². The highest BCUT2D eigenvalue weighted by Crippen LogP contribution is 2.27. The molecular formula is C19H23N3O5S. The normalized spacial score (nSPS) is 11.3. The molecule has 0 atom stereocenters. The Morgan fingerprint density at radius 3 is 2.29 bits per heavy atom. The summed E-state index contributed by atoms with van der Waals surface area (Å²) in [5.74, 6) is -0.198. The lowest BCUT2D eigenvalue weighted by Gasteiger charge is -2.23. The molecule has 1 amide bonds.